The fraction of sp³-hybridized carbons (Fsp3) is 0.593. The van der Waals surface area contributed by atoms with Crippen molar-refractivity contribution in [1.82, 2.24) is 25.3 Å². The fourth-order valence-corrected chi connectivity index (χ4v) is 11.5. The zero-order valence-corrected chi connectivity index (χ0v) is 46.6. The summed E-state index contributed by atoms with van der Waals surface area (Å²) in [6.45, 7) is 18.3. The molecule has 2 unspecified atom stereocenters. The third-order valence-electron chi connectivity index (χ3n) is 15.6. The molecule has 5 amide bonds. The lowest BCUT2D eigenvalue weighted by Gasteiger charge is -2.41. The highest BCUT2D eigenvalue weighted by Crippen LogP contribution is 2.50. The van der Waals surface area contributed by atoms with Crippen molar-refractivity contribution in [2.45, 2.75) is 161 Å². The summed E-state index contributed by atoms with van der Waals surface area (Å²) in [6.07, 6.45) is -0.348. The van der Waals surface area contributed by atoms with Crippen LogP contribution < -0.4 is 10.6 Å². The summed E-state index contributed by atoms with van der Waals surface area (Å²) in [5, 5.41) is 5.82. The number of hydrogen-bond donors (Lipinski definition) is 2. The smallest absolute Gasteiger partial charge is 0.410 e. The van der Waals surface area contributed by atoms with E-state index in [4.69, 9.17) is 18.9 Å². The van der Waals surface area contributed by atoms with Crippen LogP contribution in [0.4, 0.5) is 9.18 Å². The predicted molar refractivity (Wildman–Crippen MR) is 285 cm³/mol. The number of methoxy groups -OCH3 is 2. The second-order valence-electron chi connectivity index (χ2n) is 22.7. The maximum Gasteiger partial charge on any atom is 0.410 e. The van der Waals surface area contributed by atoms with Gasteiger partial charge in [-0.15, -0.1) is 0 Å². The molecule has 1 heterocycles. The lowest BCUT2D eigenvalue weighted by Crippen LogP contribution is -2.60. The van der Waals surface area contributed by atoms with Crippen LogP contribution in [0.15, 0.2) is 72.8 Å². The van der Waals surface area contributed by atoms with Crippen molar-refractivity contribution in [3.63, 3.8) is 0 Å². The summed E-state index contributed by atoms with van der Waals surface area (Å²) in [5.41, 5.74) is 3.72. The van der Waals surface area contributed by atoms with Crippen molar-refractivity contribution in [2.75, 3.05) is 34.9 Å². The number of rotatable bonds is 23. The van der Waals surface area contributed by atoms with E-state index in [1.54, 1.807) is 57.8 Å². The molecular weight excluding hydrogens is 958 g/mol. The number of nitrogens with one attached hydrogen (secondary N) is 2. The van der Waals surface area contributed by atoms with Crippen LogP contribution in [-0.2, 0) is 49.3 Å². The van der Waals surface area contributed by atoms with Crippen molar-refractivity contribution in [1.29, 1.82) is 0 Å². The lowest BCUT2D eigenvalue weighted by atomic mass is 9.89. The third kappa shape index (κ3) is 13.4. The molecule has 1 saturated carbocycles. The first-order valence-electron chi connectivity index (χ1n) is 26.7. The molecule has 3 aliphatic rings. The van der Waals surface area contributed by atoms with Gasteiger partial charge in [0, 0.05) is 46.7 Å². The van der Waals surface area contributed by atoms with Crippen LogP contribution in [0, 0.1) is 35.4 Å². The molecule has 3 aromatic carbocycles. The number of carbonyl (C=O) groups excluding carboxylic acids is 6. The lowest BCUT2D eigenvalue weighted by molar-refractivity contribution is -0.159. The molecule has 0 radical (unpaired) electrons. The van der Waals surface area contributed by atoms with Crippen molar-refractivity contribution in [2.24, 2.45) is 29.6 Å². The quantitative estimate of drug-likeness (QED) is 0.0883. The minimum Gasteiger partial charge on any atom is -0.458 e. The Hall–Kier alpha value is -5.87. The highest BCUT2D eigenvalue weighted by molar-refractivity contribution is 5.92. The van der Waals surface area contributed by atoms with Gasteiger partial charge in [-0.3, -0.25) is 24.1 Å². The van der Waals surface area contributed by atoms with Crippen molar-refractivity contribution >= 4 is 35.7 Å². The summed E-state index contributed by atoms with van der Waals surface area (Å²) in [4.78, 5) is 90.1. The Kier molecular flexibility index (Phi) is 19.4. The van der Waals surface area contributed by atoms with Gasteiger partial charge in [0.2, 0.25) is 23.6 Å². The average Bonchev–Trinajstić information content (AvgIpc) is 3.91. The van der Waals surface area contributed by atoms with Crippen molar-refractivity contribution in [3.8, 4) is 11.1 Å². The third-order valence-corrected chi connectivity index (χ3v) is 15.6. The van der Waals surface area contributed by atoms with Gasteiger partial charge in [0.1, 0.15) is 36.2 Å². The van der Waals surface area contributed by atoms with E-state index in [1.807, 2.05) is 82.8 Å². The van der Waals surface area contributed by atoms with E-state index in [9.17, 15) is 33.2 Å². The van der Waals surface area contributed by atoms with E-state index in [2.05, 4.69) is 22.8 Å². The number of amides is 5. The molecule has 410 valence electrons. The first-order chi connectivity index (χ1) is 35.4. The maximum absolute atomic E-state index is 14.8. The number of nitrogens with zero attached hydrogens (tertiary/aromatic N) is 3. The summed E-state index contributed by atoms with van der Waals surface area (Å²) >= 11 is 0. The molecule has 2 fully saturated rings. The van der Waals surface area contributed by atoms with E-state index in [0.717, 1.165) is 28.7 Å². The van der Waals surface area contributed by atoms with Gasteiger partial charge in [-0.1, -0.05) is 122 Å². The molecule has 11 atom stereocenters. The topological polar surface area (TPSA) is 173 Å². The molecule has 1 saturated heterocycles. The van der Waals surface area contributed by atoms with Crippen molar-refractivity contribution < 1.29 is 52.1 Å². The maximum atomic E-state index is 14.8. The zero-order chi connectivity index (χ0) is 55.2. The number of likely N-dealkylation sites (tertiary alicyclic amines) is 1. The Labute approximate surface area is 443 Å². The molecule has 0 aromatic heterocycles. The Bertz CT molecular complexity index is 2470. The Morgan fingerprint density at radius 1 is 0.773 bits per heavy atom. The van der Waals surface area contributed by atoms with Gasteiger partial charge in [0.15, 0.2) is 0 Å². The zero-order valence-electron chi connectivity index (χ0n) is 46.6. The Morgan fingerprint density at radius 3 is 1.92 bits per heavy atom. The molecule has 0 bridgehead atoms. The Balaban J connectivity index is 1.14. The number of piperidine rings is 1. The van der Waals surface area contributed by atoms with Gasteiger partial charge in [-0.25, -0.2) is 14.0 Å². The van der Waals surface area contributed by atoms with Gasteiger partial charge in [0.25, 0.3) is 0 Å². The van der Waals surface area contributed by atoms with Crippen LogP contribution in [0.3, 0.4) is 0 Å². The Morgan fingerprint density at radius 2 is 1.37 bits per heavy atom. The van der Waals surface area contributed by atoms with Gasteiger partial charge < -0.3 is 39.4 Å². The molecular formula is C59H82FN5O10. The first-order valence-corrected chi connectivity index (χ1v) is 26.7. The van der Waals surface area contributed by atoms with Gasteiger partial charge >= 0.3 is 12.1 Å². The normalized spacial score (nSPS) is 20.1. The van der Waals surface area contributed by atoms with Crippen LogP contribution >= 0.6 is 0 Å². The molecule has 6 rings (SSSR count). The number of hydrogen-bond acceptors (Lipinski definition) is 10. The molecule has 0 spiro atoms. The molecule has 75 heavy (non-hydrogen) atoms. The van der Waals surface area contributed by atoms with Crippen LogP contribution in [0.1, 0.15) is 118 Å². The molecule has 2 aliphatic carbocycles. The number of ether oxygens (including phenoxy) is 4. The second kappa shape index (κ2) is 24.9. The molecule has 16 heteroatoms. The summed E-state index contributed by atoms with van der Waals surface area (Å²) in [5.74, 6) is -4.46. The van der Waals surface area contributed by atoms with E-state index >= 15 is 0 Å². The van der Waals surface area contributed by atoms with E-state index in [0.29, 0.717) is 12.8 Å². The molecule has 15 nitrogen and oxygen atoms in total. The monoisotopic (exact) mass is 1040 g/mol. The number of halogens is 1. The van der Waals surface area contributed by atoms with Crippen LogP contribution in [-0.4, -0.2) is 139 Å². The van der Waals surface area contributed by atoms with Crippen LogP contribution in [0.5, 0.6) is 0 Å². The predicted octanol–water partition coefficient (Wildman–Crippen LogP) is 8.16. The van der Waals surface area contributed by atoms with Gasteiger partial charge in [-0.2, -0.15) is 0 Å². The van der Waals surface area contributed by atoms with Gasteiger partial charge in [-0.05, 0) is 91.2 Å². The average molecular weight is 1040 g/mol. The van der Waals surface area contributed by atoms with Gasteiger partial charge in [0.05, 0.1) is 36.6 Å². The number of fused-ring (bicyclic) bond motifs is 4. The minimum absolute atomic E-state index is 0.0640. The van der Waals surface area contributed by atoms with Crippen LogP contribution in [0.25, 0.3) is 11.1 Å². The second-order valence-corrected chi connectivity index (χ2v) is 22.7. The summed E-state index contributed by atoms with van der Waals surface area (Å²) < 4.78 is 38.6. The fourth-order valence-electron chi connectivity index (χ4n) is 11.5. The summed E-state index contributed by atoms with van der Waals surface area (Å²) in [6, 6.07) is 17.9. The summed E-state index contributed by atoms with van der Waals surface area (Å²) in [7, 11) is 6.23. The molecule has 1 aliphatic heterocycles. The first kappa shape index (κ1) is 58.4. The SMILES string of the molecule is CC[C@H](C)C([C@@H](CC(=O)N1C2C[C@H]2C[C@H]1[C@H](OC)[C@@H](C)C(=O)N[C@@H](Cc1ccccc1F)C(=O)OC(C)(C)C)OC)N(C)C(=O)[C@@H](NC(=O)[C@H](C(C)C)N(C)C(=O)OCC1c2ccccc2-c2ccccc21)C(C)C. The number of carbonyl (C=O) groups is 6. The largest absolute Gasteiger partial charge is 0.458 e. The standard InChI is InChI=1S/C59H82FN5O10/c1-15-35(6)52(63(11)56(69)50(33(2)3)62-55(68)51(34(4)5)64(12)58(71)74-32-43-41-25-19-17-23-39(41)40-24-18-20-26-42(40)43)48(72-13)31-49(66)65-46-29-38(46)30-47(65)53(73-14)36(7)54(67)61-45(57(70)75-59(8,9)10)28-37-22-16-21-27-44(37)60/h16-27,33-36,38,43,45-48,50-53H,15,28-32H2,1-14H3,(H,61,67)(H,62,68)/t35-,36+,38-,45-,46?,47-,48+,50-,51-,52?,53+/m0/s1. The van der Waals surface area contributed by atoms with E-state index in [1.165, 1.54) is 32.2 Å². The highest BCUT2D eigenvalue weighted by Gasteiger charge is 2.57. The minimum atomic E-state index is -1.20. The highest BCUT2D eigenvalue weighted by atomic mass is 19.1. The number of esters is 1. The number of likely N-dealkylation sites (N-methyl/N-ethyl adjacent to an activating group) is 2. The number of benzene rings is 3. The van der Waals surface area contributed by atoms with E-state index < -0.39 is 83.6 Å². The van der Waals surface area contributed by atoms with E-state index in [-0.39, 0.29) is 72.5 Å². The van der Waals surface area contributed by atoms with Crippen LogP contribution in [0.2, 0.25) is 0 Å². The molecule has 2 N–H and O–H groups in total. The molecule has 3 aromatic rings. The van der Waals surface area contributed by atoms with Crippen molar-refractivity contribution in [3.05, 3.63) is 95.3 Å².